The van der Waals surface area contributed by atoms with E-state index in [2.05, 4.69) is 29.9 Å². The minimum absolute atomic E-state index is 0.444. The Morgan fingerprint density at radius 2 is 1.37 bits per heavy atom. The van der Waals surface area contributed by atoms with Crippen LogP contribution in [0.2, 0.25) is 0 Å². The van der Waals surface area contributed by atoms with Crippen molar-refractivity contribution in [3.63, 3.8) is 0 Å². The number of hydrogen-bond donors (Lipinski definition) is 0. The summed E-state index contributed by atoms with van der Waals surface area (Å²) in [5.74, 6) is 0. The summed E-state index contributed by atoms with van der Waals surface area (Å²) in [6.45, 7) is 3.60. The van der Waals surface area contributed by atoms with E-state index in [0.29, 0.717) is 16.8 Å². The number of benzene rings is 4. The van der Waals surface area contributed by atoms with Crippen LogP contribution in [0.3, 0.4) is 0 Å². The summed E-state index contributed by atoms with van der Waals surface area (Å²) in [7, 11) is 0. The standard InChI is InChI=1S/C26H14N2O2/c1-28-16-12-15(14-27)24-22(13-16)21-10-5-9-20(26(21)30-24)19-8-4-7-18-17-6-2-3-11-23(17)29-25(18)19/h2-13H,1H2. The van der Waals surface area contributed by atoms with Crippen LogP contribution in [0.1, 0.15) is 5.56 Å². The Morgan fingerprint density at radius 3 is 2.10 bits per heavy atom. The van der Waals surface area contributed by atoms with E-state index in [1.807, 2.05) is 54.6 Å². The predicted molar refractivity (Wildman–Crippen MR) is 120 cm³/mol. The van der Waals surface area contributed by atoms with Crippen LogP contribution >= 0.6 is 0 Å². The van der Waals surface area contributed by atoms with Crippen molar-refractivity contribution in [1.82, 2.24) is 0 Å². The van der Waals surface area contributed by atoms with Crippen molar-refractivity contribution in [2.75, 3.05) is 0 Å². The molecule has 0 fully saturated rings. The van der Waals surface area contributed by atoms with Gasteiger partial charge in [0.1, 0.15) is 22.8 Å². The molecule has 2 heterocycles. The van der Waals surface area contributed by atoms with E-state index < -0.39 is 0 Å². The molecule has 6 rings (SSSR count). The van der Waals surface area contributed by atoms with Gasteiger partial charge in [0.2, 0.25) is 0 Å². The molecule has 4 nitrogen and oxygen atoms in total. The molecule has 0 spiro atoms. The Labute approximate surface area is 171 Å². The van der Waals surface area contributed by atoms with E-state index >= 15 is 0 Å². The number of hydrogen-bond acceptors (Lipinski definition) is 4. The average molecular weight is 386 g/mol. The van der Waals surface area contributed by atoms with Gasteiger partial charge in [-0.15, -0.1) is 0 Å². The van der Waals surface area contributed by atoms with Crippen LogP contribution in [0.25, 0.3) is 55.0 Å². The Balaban J connectivity index is 1.74. The van der Waals surface area contributed by atoms with Gasteiger partial charge in [0.25, 0.3) is 0 Å². The molecule has 0 aliphatic carbocycles. The SMILES string of the molecule is C=Nc1cc(C#N)c2oc3c(-c4cccc5c4oc4ccccc45)cccc3c2c1. The molecule has 2 aromatic heterocycles. The van der Waals surface area contributed by atoms with E-state index in [1.165, 1.54) is 0 Å². The maximum absolute atomic E-state index is 9.60. The first-order valence-corrected chi connectivity index (χ1v) is 9.55. The summed E-state index contributed by atoms with van der Waals surface area (Å²) < 4.78 is 12.5. The third-order valence-corrected chi connectivity index (χ3v) is 5.58. The van der Waals surface area contributed by atoms with Crippen molar-refractivity contribution in [3.8, 4) is 17.2 Å². The van der Waals surface area contributed by atoms with E-state index in [9.17, 15) is 5.26 Å². The van der Waals surface area contributed by atoms with E-state index in [0.717, 1.165) is 49.4 Å². The third kappa shape index (κ3) is 2.17. The van der Waals surface area contributed by atoms with Gasteiger partial charge in [0, 0.05) is 32.7 Å². The Bertz CT molecular complexity index is 1680. The van der Waals surface area contributed by atoms with E-state index in [4.69, 9.17) is 8.83 Å². The first-order valence-electron chi connectivity index (χ1n) is 9.55. The minimum Gasteiger partial charge on any atom is -0.455 e. The lowest BCUT2D eigenvalue weighted by Gasteiger charge is -2.03. The highest BCUT2D eigenvalue weighted by Crippen LogP contribution is 2.42. The Kier molecular flexibility index (Phi) is 3.35. The highest BCUT2D eigenvalue weighted by Gasteiger charge is 2.18. The number of fused-ring (bicyclic) bond motifs is 6. The van der Waals surface area contributed by atoms with Gasteiger partial charge in [-0.2, -0.15) is 5.26 Å². The zero-order valence-corrected chi connectivity index (χ0v) is 15.8. The molecule has 4 aromatic carbocycles. The number of rotatable bonds is 2. The second-order valence-corrected chi connectivity index (χ2v) is 7.20. The zero-order chi connectivity index (χ0) is 20.2. The molecular weight excluding hydrogens is 372 g/mol. The molecule has 0 unspecified atom stereocenters. The number of nitriles is 1. The third-order valence-electron chi connectivity index (χ3n) is 5.58. The molecule has 0 radical (unpaired) electrons. The molecule has 0 saturated heterocycles. The summed E-state index contributed by atoms with van der Waals surface area (Å²) in [6, 6.07) is 26.0. The maximum atomic E-state index is 9.60. The van der Waals surface area contributed by atoms with Crippen LogP contribution in [0.15, 0.2) is 86.6 Å². The molecule has 4 heteroatoms. The topological polar surface area (TPSA) is 62.4 Å². The van der Waals surface area contributed by atoms with Crippen LogP contribution in [0.5, 0.6) is 0 Å². The van der Waals surface area contributed by atoms with Gasteiger partial charge in [-0.05, 0) is 24.9 Å². The summed E-state index contributed by atoms with van der Waals surface area (Å²) in [6.07, 6.45) is 0. The van der Waals surface area contributed by atoms with Crippen LogP contribution in [-0.2, 0) is 0 Å². The van der Waals surface area contributed by atoms with Gasteiger partial charge in [0.15, 0.2) is 5.58 Å². The van der Waals surface area contributed by atoms with Gasteiger partial charge in [-0.25, -0.2) is 0 Å². The maximum Gasteiger partial charge on any atom is 0.153 e. The van der Waals surface area contributed by atoms with Crippen molar-refractivity contribution in [3.05, 3.63) is 78.4 Å². The van der Waals surface area contributed by atoms with Crippen molar-refractivity contribution in [1.29, 1.82) is 5.26 Å². The summed E-state index contributed by atoms with van der Waals surface area (Å²) in [5.41, 5.74) is 5.91. The lowest BCUT2D eigenvalue weighted by Crippen LogP contribution is -1.80. The van der Waals surface area contributed by atoms with Crippen LogP contribution < -0.4 is 0 Å². The lowest BCUT2D eigenvalue weighted by atomic mass is 9.99. The van der Waals surface area contributed by atoms with Crippen LogP contribution in [0.4, 0.5) is 5.69 Å². The Hall–Kier alpha value is -4.36. The fraction of sp³-hybridized carbons (Fsp3) is 0. The molecule has 0 amide bonds. The number of nitrogens with zero attached hydrogens (tertiary/aromatic N) is 2. The second-order valence-electron chi connectivity index (χ2n) is 7.20. The lowest BCUT2D eigenvalue weighted by molar-refractivity contribution is 0.664. The molecule has 140 valence electrons. The Morgan fingerprint density at radius 1 is 0.700 bits per heavy atom. The molecule has 0 aliphatic rings. The van der Waals surface area contributed by atoms with Crippen LogP contribution in [-0.4, -0.2) is 6.72 Å². The molecule has 0 atom stereocenters. The van der Waals surface area contributed by atoms with Gasteiger partial charge < -0.3 is 8.83 Å². The average Bonchev–Trinajstić information content (AvgIpc) is 3.36. The zero-order valence-electron chi connectivity index (χ0n) is 15.8. The van der Waals surface area contributed by atoms with Crippen molar-refractivity contribution < 1.29 is 8.83 Å². The molecule has 6 aromatic rings. The molecular formula is C26H14N2O2. The minimum atomic E-state index is 0.444. The van der Waals surface area contributed by atoms with Gasteiger partial charge in [-0.3, -0.25) is 4.99 Å². The normalized spacial score (nSPS) is 11.4. The predicted octanol–water partition coefficient (Wildman–Crippen LogP) is 7.36. The molecule has 0 saturated carbocycles. The molecule has 0 N–H and O–H groups in total. The van der Waals surface area contributed by atoms with E-state index in [-0.39, 0.29) is 0 Å². The quantitative estimate of drug-likeness (QED) is 0.292. The highest BCUT2D eigenvalue weighted by atomic mass is 16.3. The number of para-hydroxylation sites is 3. The first-order chi connectivity index (χ1) is 14.8. The largest absolute Gasteiger partial charge is 0.455 e. The summed E-state index contributed by atoms with van der Waals surface area (Å²) in [4.78, 5) is 4.00. The van der Waals surface area contributed by atoms with Crippen molar-refractivity contribution in [2.24, 2.45) is 4.99 Å². The second kappa shape index (κ2) is 6.07. The van der Waals surface area contributed by atoms with E-state index in [1.54, 1.807) is 6.07 Å². The number of furan rings is 2. The smallest absolute Gasteiger partial charge is 0.153 e. The van der Waals surface area contributed by atoms with Crippen molar-refractivity contribution in [2.45, 2.75) is 0 Å². The van der Waals surface area contributed by atoms with Crippen molar-refractivity contribution >= 4 is 56.3 Å². The monoisotopic (exact) mass is 386 g/mol. The van der Waals surface area contributed by atoms with Gasteiger partial charge in [0.05, 0.1) is 11.3 Å². The van der Waals surface area contributed by atoms with Gasteiger partial charge >= 0.3 is 0 Å². The summed E-state index contributed by atoms with van der Waals surface area (Å²) >= 11 is 0. The fourth-order valence-corrected chi connectivity index (χ4v) is 4.23. The fourth-order valence-electron chi connectivity index (χ4n) is 4.23. The highest BCUT2D eigenvalue weighted by molar-refractivity contribution is 6.15. The molecule has 30 heavy (non-hydrogen) atoms. The first kappa shape index (κ1) is 16.6. The molecule has 0 aliphatic heterocycles. The molecule has 0 bridgehead atoms. The summed E-state index contributed by atoms with van der Waals surface area (Å²) in [5, 5.41) is 13.5. The number of aliphatic imine (C=N–C) groups is 1. The van der Waals surface area contributed by atoms with Gasteiger partial charge in [-0.1, -0.05) is 54.6 Å². The van der Waals surface area contributed by atoms with Crippen LogP contribution in [0, 0.1) is 11.3 Å².